The summed E-state index contributed by atoms with van der Waals surface area (Å²) in [5.74, 6) is 1.58. The van der Waals surface area contributed by atoms with E-state index < -0.39 is 0 Å². The fourth-order valence-electron chi connectivity index (χ4n) is 6.01. The zero-order valence-corrected chi connectivity index (χ0v) is 23.0. The van der Waals surface area contributed by atoms with E-state index in [9.17, 15) is 0 Å². The van der Waals surface area contributed by atoms with Gasteiger partial charge in [-0.1, -0.05) is 82.3 Å². The molecule has 3 aromatic heterocycles. The van der Waals surface area contributed by atoms with E-state index in [-0.39, 0.29) is 0 Å². The zero-order chi connectivity index (χ0) is 26.8. The maximum absolute atomic E-state index is 6.65. The molecule has 7 aromatic rings. The molecule has 0 amide bonds. The van der Waals surface area contributed by atoms with Crippen LogP contribution in [0.2, 0.25) is 0 Å². The second-order valence-corrected chi connectivity index (χ2v) is 11.2. The van der Waals surface area contributed by atoms with E-state index in [1.54, 1.807) is 0 Å². The van der Waals surface area contributed by atoms with Gasteiger partial charge in [-0.05, 0) is 64.4 Å². The summed E-state index contributed by atoms with van der Waals surface area (Å²) in [6.45, 7) is 11.2. The minimum atomic E-state index is 0.348. The highest BCUT2D eigenvalue weighted by molar-refractivity contribution is 6.13. The predicted molar refractivity (Wildman–Crippen MR) is 162 cm³/mol. The standard InChI is InChI=1S/C35H31N3O/c1-20(2)25-12-8-13-26(21(3)4)33(25)38-32-22(5)18-36-19-30(32)37-35(38)28-15-9-14-27-29-16-23-10-6-7-11-24(23)17-31(29)39-34(27)28/h6-21H,1-5H3. The van der Waals surface area contributed by atoms with Crippen molar-refractivity contribution in [3.05, 3.63) is 102 Å². The molecule has 0 spiro atoms. The molecule has 0 aliphatic rings. The van der Waals surface area contributed by atoms with Gasteiger partial charge in [0.15, 0.2) is 0 Å². The number of nitrogens with zero attached hydrogens (tertiary/aromatic N) is 3. The lowest BCUT2D eigenvalue weighted by Crippen LogP contribution is -2.09. The largest absolute Gasteiger partial charge is 0.455 e. The lowest BCUT2D eigenvalue weighted by atomic mass is 9.92. The zero-order valence-electron chi connectivity index (χ0n) is 23.0. The minimum Gasteiger partial charge on any atom is -0.455 e. The highest BCUT2D eigenvalue weighted by atomic mass is 16.3. The molecule has 0 radical (unpaired) electrons. The molecular formula is C35H31N3O. The summed E-state index contributed by atoms with van der Waals surface area (Å²) in [5.41, 5.74) is 9.64. The molecule has 0 aliphatic carbocycles. The van der Waals surface area contributed by atoms with Crippen molar-refractivity contribution in [2.24, 2.45) is 0 Å². The first-order valence-corrected chi connectivity index (χ1v) is 13.7. The Labute approximate surface area is 227 Å². The van der Waals surface area contributed by atoms with Crippen molar-refractivity contribution in [3.63, 3.8) is 0 Å². The molecule has 192 valence electrons. The number of rotatable bonds is 4. The van der Waals surface area contributed by atoms with Gasteiger partial charge in [-0.3, -0.25) is 9.55 Å². The second kappa shape index (κ2) is 8.81. The van der Waals surface area contributed by atoms with Gasteiger partial charge < -0.3 is 4.42 Å². The van der Waals surface area contributed by atoms with Crippen LogP contribution in [-0.2, 0) is 0 Å². The van der Waals surface area contributed by atoms with Crippen molar-refractivity contribution < 1.29 is 4.42 Å². The van der Waals surface area contributed by atoms with E-state index in [1.807, 2.05) is 12.4 Å². The Kier molecular flexibility index (Phi) is 5.34. The normalized spacial score (nSPS) is 12.2. The topological polar surface area (TPSA) is 43.9 Å². The maximum atomic E-state index is 6.65. The van der Waals surface area contributed by atoms with Crippen LogP contribution >= 0.6 is 0 Å². The van der Waals surface area contributed by atoms with Crippen molar-refractivity contribution in [3.8, 4) is 17.1 Å². The van der Waals surface area contributed by atoms with Crippen molar-refractivity contribution in [1.29, 1.82) is 0 Å². The molecule has 0 saturated carbocycles. The first-order valence-electron chi connectivity index (χ1n) is 13.7. The molecule has 0 bridgehead atoms. The third-order valence-electron chi connectivity index (χ3n) is 7.92. The molecule has 4 nitrogen and oxygen atoms in total. The Morgan fingerprint density at radius 2 is 1.44 bits per heavy atom. The molecule has 0 N–H and O–H groups in total. The number of aryl methyl sites for hydroxylation is 1. The van der Waals surface area contributed by atoms with Gasteiger partial charge in [0.05, 0.1) is 23.0 Å². The number of hydrogen-bond acceptors (Lipinski definition) is 3. The van der Waals surface area contributed by atoms with Gasteiger partial charge in [-0.2, -0.15) is 0 Å². The SMILES string of the molecule is Cc1cncc2nc(-c3cccc4c3oc3cc5ccccc5cc34)n(-c3c(C(C)C)cccc3C(C)C)c12. The van der Waals surface area contributed by atoms with Gasteiger partial charge in [-0.15, -0.1) is 0 Å². The van der Waals surface area contributed by atoms with Crippen molar-refractivity contribution >= 4 is 43.7 Å². The minimum absolute atomic E-state index is 0.348. The summed E-state index contributed by atoms with van der Waals surface area (Å²) in [5, 5.41) is 4.60. The van der Waals surface area contributed by atoms with Crippen LogP contribution in [-0.4, -0.2) is 14.5 Å². The summed E-state index contributed by atoms with van der Waals surface area (Å²) in [6.07, 6.45) is 3.81. The van der Waals surface area contributed by atoms with Crippen molar-refractivity contribution in [1.82, 2.24) is 14.5 Å². The van der Waals surface area contributed by atoms with Gasteiger partial charge in [0.25, 0.3) is 0 Å². The molecule has 0 aliphatic heterocycles. The Morgan fingerprint density at radius 3 is 2.15 bits per heavy atom. The Bertz CT molecular complexity index is 2010. The van der Waals surface area contributed by atoms with Crippen molar-refractivity contribution in [2.75, 3.05) is 0 Å². The summed E-state index contributed by atoms with van der Waals surface area (Å²) < 4.78 is 9.02. The van der Waals surface area contributed by atoms with Gasteiger partial charge in [0.1, 0.15) is 22.5 Å². The summed E-state index contributed by atoms with van der Waals surface area (Å²) in [6, 6.07) is 25.9. The van der Waals surface area contributed by atoms with E-state index >= 15 is 0 Å². The lowest BCUT2D eigenvalue weighted by molar-refractivity contribution is 0.670. The lowest BCUT2D eigenvalue weighted by Gasteiger charge is -2.23. The fourth-order valence-corrected chi connectivity index (χ4v) is 6.01. The average molecular weight is 510 g/mol. The average Bonchev–Trinajstić information content (AvgIpc) is 3.50. The summed E-state index contributed by atoms with van der Waals surface area (Å²) in [4.78, 5) is 9.74. The van der Waals surface area contributed by atoms with Crippen LogP contribution in [0.15, 0.2) is 89.6 Å². The molecule has 7 rings (SSSR count). The van der Waals surface area contributed by atoms with E-state index in [4.69, 9.17) is 9.40 Å². The first kappa shape index (κ1) is 23.7. The molecule has 0 unspecified atom stereocenters. The molecule has 0 saturated heterocycles. The van der Waals surface area contributed by atoms with Crippen LogP contribution in [0.1, 0.15) is 56.2 Å². The second-order valence-electron chi connectivity index (χ2n) is 11.2. The Morgan fingerprint density at radius 1 is 0.744 bits per heavy atom. The van der Waals surface area contributed by atoms with E-state index in [0.29, 0.717) is 11.8 Å². The monoisotopic (exact) mass is 509 g/mol. The van der Waals surface area contributed by atoms with E-state index in [0.717, 1.165) is 49.9 Å². The van der Waals surface area contributed by atoms with Gasteiger partial charge in [0.2, 0.25) is 0 Å². The van der Waals surface area contributed by atoms with Crippen molar-refractivity contribution in [2.45, 2.75) is 46.5 Å². The third-order valence-corrected chi connectivity index (χ3v) is 7.92. The van der Waals surface area contributed by atoms with Gasteiger partial charge in [-0.25, -0.2) is 4.98 Å². The highest BCUT2D eigenvalue weighted by Crippen LogP contribution is 2.41. The predicted octanol–water partition coefficient (Wildman–Crippen LogP) is 9.70. The summed E-state index contributed by atoms with van der Waals surface area (Å²) >= 11 is 0. The molecule has 0 fully saturated rings. The number of para-hydroxylation sites is 2. The molecule has 0 atom stereocenters. The van der Waals surface area contributed by atoms with Gasteiger partial charge in [0, 0.05) is 17.0 Å². The van der Waals surface area contributed by atoms with Gasteiger partial charge >= 0.3 is 0 Å². The summed E-state index contributed by atoms with van der Waals surface area (Å²) in [7, 11) is 0. The quantitative estimate of drug-likeness (QED) is 0.237. The fraction of sp³-hybridized carbons (Fsp3) is 0.200. The van der Waals surface area contributed by atoms with Crippen LogP contribution in [0.5, 0.6) is 0 Å². The third kappa shape index (κ3) is 3.59. The van der Waals surface area contributed by atoms with E-state index in [1.165, 1.54) is 27.6 Å². The molecule has 4 aromatic carbocycles. The molecular weight excluding hydrogens is 478 g/mol. The molecule has 39 heavy (non-hydrogen) atoms. The van der Waals surface area contributed by atoms with Crippen LogP contribution in [0.25, 0.3) is 60.8 Å². The number of pyridine rings is 1. The van der Waals surface area contributed by atoms with Crippen LogP contribution in [0.4, 0.5) is 0 Å². The van der Waals surface area contributed by atoms with Crippen LogP contribution < -0.4 is 0 Å². The number of benzene rings is 4. The number of imidazole rings is 1. The smallest absolute Gasteiger partial charge is 0.149 e. The van der Waals surface area contributed by atoms with Crippen LogP contribution in [0.3, 0.4) is 0 Å². The van der Waals surface area contributed by atoms with E-state index in [2.05, 4.69) is 117 Å². The Hall–Kier alpha value is -4.44. The maximum Gasteiger partial charge on any atom is 0.149 e. The number of fused-ring (bicyclic) bond motifs is 5. The molecule has 3 heterocycles. The number of aromatic nitrogens is 3. The van der Waals surface area contributed by atoms with Crippen LogP contribution in [0, 0.1) is 6.92 Å². The molecule has 4 heteroatoms. The first-order chi connectivity index (χ1) is 18.9. The number of hydrogen-bond donors (Lipinski definition) is 0. The highest BCUT2D eigenvalue weighted by Gasteiger charge is 2.25. The number of furan rings is 1. The Balaban J connectivity index is 1.62.